The van der Waals surface area contributed by atoms with Crippen molar-refractivity contribution in [1.29, 1.82) is 0 Å². The van der Waals surface area contributed by atoms with E-state index in [0.29, 0.717) is 30.2 Å². The molecule has 0 aromatic heterocycles. The van der Waals surface area contributed by atoms with Crippen LogP contribution in [0, 0.1) is 22.0 Å². The van der Waals surface area contributed by atoms with Gasteiger partial charge < -0.3 is 5.11 Å². The van der Waals surface area contributed by atoms with Crippen LogP contribution in [-0.2, 0) is 11.3 Å². The molecular weight excluding hydrogens is 284 g/mol. The molecule has 1 aromatic carbocycles. The number of nitro groups is 1. The third-order valence-corrected chi connectivity index (χ3v) is 3.88. The number of nitrogens with zero attached hydrogens (tertiary/aromatic N) is 2. The van der Waals surface area contributed by atoms with E-state index in [0.717, 1.165) is 0 Å². The number of hydrogen-bond acceptors (Lipinski definition) is 4. The van der Waals surface area contributed by atoms with Crippen molar-refractivity contribution >= 4 is 23.3 Å². The van der Waals surface area contributed by atoms with E-state index in [1.165, 1.54) is 6.07 Å². The Hall–Kier alpha value is -1.66. The number of likely N-dealkylation sites (tertiary alicyclic amines) is 1. The van der Waals surface area contributed by atoms with Gasteiger partial charge in [-0.15, -0.1) is 0 Å². The second-order valence-electron chi connectivity index (χ2n) is 5.15. The number of rotatable bonds is 4. The summed E-state index contributed by atoms with van der Waals surface area (Å²) in [6, 6.07) is 4.56. The summed E-state index contributed by atoms with van der Waals surface area (Å²) in [5.74, 6) is -1.19. The Kier molecular flexibility index (Phi) is 4.25. The van der Waals surface area contributed by atoms with Crippen LogP contribution in [-0.4, -0.2) is 34.0 Å². The molecule has 20 heavy (non-hydrogen) atoms. The normalized spacial score (nSPS) is 22.9. The third-order valence-electron chi connectivity index (χ3n) is 3.64. The summed E-state index contributed by atoms with van der Waals surface area (Å²) in [5, 5.41) is 20.4. The first-order valence-electron chi connectivity index (χ1n) is 6.26. The molecule has 1 N–H and O–H groups in total. The molecule has 0 amide bonds. The molecule has 6 nitrogen and oxygen atoms in total. The molecule has 1 heterocycles. The quantitative estimate of drug-likeness (QED) is 0.681. The lowest BCUT2D eigenvalue weighted by atomic mass is 9.99. The Morgan fingerprint density at radius 3 is 2.80 bits per heavy atom. The van der Waals surface area contributed by atoms with Gasteiger partial charge in [0.05, 0.1) is 10.8 Å². The molecule has 1 fully saturated rings. The lowest BCUT2D eigenvalue weighted by molar-refractivity contribution is -0.385. The van der Waals surface area contributed by atoms with Crippen molar-refractivity contribution < 1.29 is 14.8 Å². The van der Waals surface area contributed by atoms with E-state index >= 15 is 0 Å². The average Bonchev–Trinajstić information content (AvgIpc) is 2.72. The minimum atomic E-state index is -0.814. The van der Waals surface area contributed by atoms with Crippen LogP contribution >= 0.6 is 11.6 Å². The van der Waals surface area contributed by atoms with Gasteiger partial charge in [0.25, 0.3) is 5.69 Å². The van der Waals surface area contributed by atoms with Gasteiger partial charge in [-0.05, 0) is 18.1 Å². The Labute approximate surface area is 121 Å². The molecule has 2 unspecified atom stereocenters. The molecule has 2 rings (SSSR count). The fourth-order valence-electron chi connectivity index (χ4n) is 2.60. The number of halogens is 1. The summed E-state index contributed by atoms with van der Waals surface area (Å²) < 4.78 is 0. The van der Waals surface area contributed by atoms with Crippen molar-refractivity contribution in [3.8, 4) is 0 Å². The van der Waals surface area contributed by atoms with Gasteiger partial charge in [-0.25, -0.2) is 0 Å². The molecule has 0 radical (unpaired) electrons. The van der Waals surface area contributed by atoms with E-state index in [1.54, 1.807) is 12.1 Å². The summed E-state index contributed by atoms with van der Waals surface area (Å²) in [5.41, 5.74) is 0.529. The molecule has 0 spiro atoms. The highest BCUT2D eigenvalue weighted by molar-refractivity contribution is 6.30. The maximum Gasteiger partial charge on any atom is 0.308 e. The predicted molar refractivity (Wildman–Crippen MR) is 73.7 cm³/mol. The predicted octanol–water partition coefficient (Wildman–Crippen LogP) is 2.40. The molecule has 108 valence electrons. The second-order valence-corrected chi connectivity index (χ2v) is 5.58. The highest BCUT2D eigenvalue weighted by atomic mass is 35.5. The van der Waals surface area contributed by atoms with Crippen molar-refractivity contribution in [2.75, 3.05) is 13.1 Å². The summed E-state index contributed by atoms with van der Waals surface area (Å²) in [7, 11) is 0. The minimum absolute atomic E-state index is 0.0241. The van der Waals surface area contributed by atoms with Gasteiger partial charge in [0.2, 0.25) is 0 Å². The van der Waals surface area contributed by atoms with E-state index in [1.807, 2.05) is 11.8 Å². The SMILES string of the molecule is CC1CN(Cc2ccc(Cl)cc2[N+](=O)[O-])CC1C(=O)O. The maximum atomic E-state index is 11.1. The minimum Gasteiger partial charge on any atom is -0.481 e. The van der Waals surface area contributed by atoms with Gasteiger partial charge in [-0.1, -0.05) is 18.5 Å². The Bertz CT molecular complexity index is 549. The maximum absolute atomic E-state index is 11.1. The average molecular weight is 299 g/mol. The van der Waals surface area contributed by atoms with Gasteiger partial charge in [-0.2, -0.15) is 0 Å². The molecule has 7 heteroatoms. The van der Waals surface area contributed by atoms with Gasteiger partial charge in [0.15, 0.2) is 0 Å². The first-order chi connectivity index (χ1) is 9.38. The van der Waals surface area contributed by atoms with Crippen molar-refractivity contribution in [3.63, 3.8) is 0 Å². The van der Waals surface area contributed by atoms with Crippen molar-refractivity contribution in [1.82, 2.24) is 4.90 Å². The zero-order valence-corrected chi connectivity index (χ0v) is 11.7. The van der Waals surface area contributed by atoms with Gasteiger partial charge >= 0.3 is 5.97 Å². The Balaban J connectivity index is 2.15. The Morgan fingerprint density at radius 1 is 1.55 bits per heavy atom. The highest BCUT2D eigenvalue weighted by Crippen LogP contribution is 2.28. The summed E-state index contributed by atoms with van der Waals surface area (Å²) in [6.45, 7) is 3.28. The second kappa shape index (κ2) is 5.76. The van der Waals surface area contributed by atoms with Gasteiger partial charge in [0, 0.05) is 36.3 Å². The molecule has 1 aliphatic heterocycles. The van der Waals surface area contributed by atoms with Gasteiger partial charge in [0.1, 0.15) is 0 Å². The van der Waals surface area contributed by atoms with Crippen LogP contribution in [0.4, 0.5) is 5.69 Å². The van der Waals surface area contributed by atoms with Crippen LogP contribution in [0.2, 0.25) is 5.02 Å². The van der Waals surface area contributed by atoms with Crippen LogP contribution in [0.5, 0.6) is 0 Å². The first-order valence-corrected chi connectivity index (χ1v) is 6.64. The third kappa shape index (κ3) is 3.08. The molecule has 1 aromatic rings. The van der Waals surface area contributed by atoms with Crippen LogP contribution in [0.15, 0.2) is 18.2 Å². The zero-order chi connectivity index (χ0) is 14.9. The summed E-state index contributed by atoms with van der Waals surface area (Å²) in [4.78, 5) is 23.6. The zero-order valence-electron chi connectivity index (χ0n) is 11.0. The fraction of sp³-hybridized carbons (Fsp3) is 0.462. The first kappa shape index (κ1) is 14.7. The van der Waals surface area contributed by atoms with Crippen molar-refractivity contribution in [2.45, 2.75) is 13.5 Å². The number of carboxylic acid groups (broad SMARTS) is 1. The van der Waals surface area contributed by atoms with E-state index in [-0.39, 0.29) is 11.6 Å². The number of hydrogen-bond donors (Lipinski definition) is 1. The topological polar surface area (TPSA) is 83.7 Å². The molecule has 1 saturated heterocycles. The molecule has 0 bridgehead atoms. The number of carbonyl (C=O) groups is 1. The number of carboxylic acids is 1. The highest BCUT2D eigenvalue weighted by Gasteiger charge is 2.35. The van der Waals surface area contributed by atoms with Crippen LogP contribution < -0.4 is 0 Å². The monoisotopic (exact) mass is 298 g/mol. The number of aliphatic carboxylic acids is 1. The molecule has 0 aliphatic carbocycles. The molecular formula is C13H15ClN2O4. The van der Waals surface area contributed by atoms with Crippen LogP contribution in [0.1, 0.15) is 12.5 Å². The van der Waals surface area contributed by atoms with E-state index in [9.17, 15) is 14.9 Å². The lowest BCUT2D eigenvalue weighted by Crippen LogP contribution is -2.23. The van der Waals surface area contributed by atoms with Crippen LogP contribution in [0.3, 0.4) is 0 Å². The fourth-order valence-corrected chi connectivity index (χ4v) is 2.77. The summed E-state index contributed by atoms with van der Waals surface area (Å²) >= 11 is 5.77. The molecule has 0 saturated carbocycles. The molecule has 2 atom stereocenters. The van der Waals surface area contributed by atoms with Gasteiger partial charge in [-0.3, -0.25) is 19.8 Å². The molecule has 1 aliphatic rings. The standard InChI is InChI=1S/C13H15ClN2O4/c1-8-5-15(7-11(8)13(17)18)6-9-2-3-10(14)4-12(9)16(19)20/h2-4,8,11H,5-7H2,1H3,(H,17,18). The van der Waals surface area contributed by atoms with Crippen molar-refractivity contribution in [2.24, 2.45) is 11.8 Å². The van der Waals surface area contributed by atoms with Crippen LogP contribution in [0.25, 0.3) is 0 Å². The smallest absolute Gasteiger partial charge is 0.308 e. The van der Waals surface area contributed by atoms with E-state index in [2.05, 4.69) is 0 Å². The largest absolute Gasteiger partial charge is 0.481 e. The summed E-state index contributed by atoms with van der Waals surface area (Å²) in [6.07, 6.45) is 0. The van der Waals surface area contributed by atoms with E-state index in [4.69, 9.17) is 16.7 Å². The lowest BCUT2D eigenvalue weighted by Gasteiger charge is -2.15. The van der Waals surface area contributed by atoms with E-state index < -0.39 is 16.8 Å². The number of nitro benzene ring substituents is 1. The number of benzene rings is 1. The van der Waals surface area contributed by atoms with Crippen molar-refractivity contribution in [3.05, 3.63) is 38.9 Å². The Morgan fingerprint density at radius 2 is 2.25 bits per heavy atom.